The first-order valence-corrected chi connectivity index (χ1v) is 4.70. The van der Waals surface area contributed by atoms with Crippen LogP contribution in [0.1, 0.15) is 6.85 Å². The average molecular weight is 254 g/mol. The minimum Gasteiger partial charge on any atom is -0.506 e. The van der Waals surface area contributed by atoms with Crippen molar-refractivity contribution in [1.82, 2.24) is 0 Å². The Kier molecular flexibility index (Phi) is 1.37. The Morgan fingerprint density at radius 3 is 2.57 bits per heavy atom. The molecule has 0 aliphatic rings. The molecule has 0 aliphatic carbocycles. The summed E-state index contributed by atoms with van der Waals surface area (Å²) in [5.41, 5.74) is 0.191. The number of hydrogen-bond donors (Lipinski definition) is 1. The molecule has 0 bridgehead atoms. The highest BCUT2D eigenvalue weighted by Crippen LogP contribution is 2.34. The summed E-state index contributed by atoms with van der Waals surface area (Å²) in [5, 5.41) is 9.97. The monoisotopic (exact) mass is 253 g/mol. The zero-order chi connectivity index (χ0) is 14.3. The molecule has 1 nitrogen and oxygen atoms in total. The number of halogens is 1. The highest BCUT2D eigenvalue weighted by atomic mass is 79.9. The van der Waals surface area contributed by atoms with E-state index in [4.69, 9.17) is 6.85 Å². The van der Waals surface area contributed by atoms with Gasteiger partial charge in [-0.2, -0.15) is 0 Å². The Morgan fingerprint density at radius 2 is 1.86 bits per heavy atom. The number of aromatic hydroxyl groups is 1. The topological polar surface area (TPSA) is 20.2 Å². The van der Waals surface area contributed by atoms with E-state index in [0.717, 1.165) is 0 Å². The van der Waals surface area contributed by atoms with E-state index >= 15 is 0 Å². The number of phenols is 1. The zero-order valence-corrected chi connectivity index (χ0v) is 8.64. The predicted molar refractivity (Wildman–Crippen MR) is 61.2 cm³/mol. The summed E-state index contributed by atoms with van der Waals surface area (Å²) in [6.45, 7) is 0. The molecule has 2 heteroatoms. The van der Waals surface area contributed by atoms with Crippen LogP contribution in [0.4, 0.5) is 0 Å². The molecule has 1 N–H and O–H groups in total. The lowest BCUT2D eigenvalue weighted by atomic mass is 10.1. The van der Waals surface area contributed by atoms with E-state index in [-0.39, 0.29) is 29.0 Å². The van der Waals surface area contributed by atoms with Crippen molar-refractivity contribution in [1.29, 1.82) is 0 Å². The van der Waals surface area contributed by atoms with Crippen LogP contribution in [0.15, 0.2) is 52.9 Å². The van der Waals surface area contributed by atoms with E-state index in [1.165, 1.54) is 6.07 Å². The lowest BCUT2D eigenvalue weighted by molar-refractivity contribution is 0.474. The Morgan fingerprint density at radius 1 is 1.14 bits per heavy atom. The fourth-order valence-corrected chi connectivity index (χ4v) is 1.47. The van der Waals surface area contributed by atoms with Crippen molar-refractivity contribution in [3.63, 3.8) is 0 Å². The molecule has 0 atom stereocenters. The van der Waals surface area contributed by atoms with Gasteiger partial charge < -0.3 is 5.11 Å². The Balaban J connectivity index is 2.87. The molecule has 0 radical (unpaired) electrons. The van der Waals surface area contributed by atoms with Gasteiger partial charge in [0.1, 0.15) is 5.75 Å². The number of para-hydroxylation sites is 1. The van der Waals surface area contributed by atoms with E-state index in [1.54, 1.807) is 12.1 Å². The summed E-state index contributed by atoms with van der Waals surface area (Å²) in [7, 11) is 0. The van der Waals surface area contributed by atoms with Crippen molar-refractivity contribution in [3.05, 3.63) is 52.9 Å². The van der Waals surface area contributed by atoms with Crippen LogP contribution in [0.2, 0.25) is 0 Å². The van der Waals surface area contributed by atoms with Crippen LogP contribution in [0.3, 0.4) is 0 Å². The van der Waals surface area contributed by atoms with Gasteiger partial charge in [0.05, 0.1) is 11.3 Å². The van der Waals surface area contributed by atoms with Gasteiger partial charge in [-0.25, -0.2) is 0 Å². The number of hydrogen-bond acceptors (Lipinski definition) is 1. The maximum Gasteiger partial charge on any atom is 0.137 e. The second-order valence-electron chi connectivity index (χ2n) is 2.64. The van der Waals surface area contributed by atoms with Crippen LogP contribution in [0, 0.1) is 0 Å². The highest BCUT2D eigenvalue weighted by molar-refractivity contribution is 9.10. The first-order valence-electron chi connectivity index (χ1n) is 6.41. The third kappa shape index (κ3) is 1.66. The highest BCUT2D eigenvalue weighted by Gasteiger charge is 2.05. The fourth-order valence-electron chi connectivity index (χ4n) is 1.10. The Hall–Kier alpha value is -1.28. The molecule has 0 saturated carbocycles. The quantitative estimate of drug-likeness (QED) is 0.820. The molecule has 2 aromatic rings. The zero-order valence-electron chi connectivity index (χ0n) is 12.1. The van der Waals surface area contributed by atoms with Crippen LogP contribution in [-0.2, 0) is 0 Å². The van der Waals surface area contributed by atoms with E-state index in [9.17, 15) is 5.11 Å². The van der Waals surface area contributed by atoms with Gasteiger partial charge in [0.15, 0.2) is 0 Å². The summed E-state index contributed by atoms with van der Waals surface area (Å²) in [5.74, 6) is -0.152. The van der Waals surface area contributed by atoms with Gasteiger partial charge in [-0.15, -0.1) is 0 Å². The van der Waals surface area contributed by atoms with Gasteiger partial charge in [0, 0.05) is 5.56 Å². The van der Waals surface area contributed by atoms with E-state index in [1.807, 2.05) is 0 Å². The minimum atomic E-state index is -0.451. The smallest absolute Gasteiger partial charge is 0.137 e. The Labute approximate surface area is 98.2 Å². The number of benzene rings is 2. The van der Waals surface area contributed by atoms with Crippen LogP contribution in [0.25, 0.3) is 11.1 Å². The molecular formula is C12H9BrO. The fraction of sp³-hybridized carbons (Fsp3) is 0. The molecule has 0 spiro atoms. The van der Waals surface area contributed by atoms with Crippen LogP contribution in [0.5, 0.6) is 5.75 Å². The molecule has 2 aromatic carbocycles. The van der Waals surface area contributed by atoms with E-state index in [0.29, 0.717) is 4.47 Å². The summed E-state index contributed by atoms with van der Waals surface area (Å²) in [4.78, 5) is 0. The Bertz CT molecular complexity index is 643. The van der Waals surface area contributed by atoms with E-state index < -0.39 is 18.1 Å². The first kappa shape index (κ1) is 4.99. The van der Waals surface area contributed by atoms with Crippen molar-refractivity contribution in [2.75, 3.05) is 0 Å². The normalized spacial score (nSPS) is 15.1. The third-order valence-corrected chi connectivity index (χ3v) is 2.40. The molecule has 0 amide bonds. The predicted octanol–water partition coefficient (Wildman–Crippen LogP) is 3.82. The number of rotatable bonds is 1. The molecule has 0 fully saturated rings. The molecule has 2 rings (SSSR count). The van der Waals surface area contributed by atoms with Gasteiger partial charge in [-0.1, -0.05) is 42.3 Å². The second-order valence-corrected chi connectivity index (χ2v) is 3.49. The molecule has 0 unspecified atom stereocenters. The summed E-state index contributed by atoms with van der Waals surface area (Å²) >= 11 is 3.14. The van der Waals surface area contributed by atoms with E-state index in [2.05, 4.69) is 15.9 Å². The van der Waals surface area contributed by atoms with Crippen LogP contribution < -0.4 is 0 Å². The molecule has 70 valence electrons. The number of phenolic OH excluding ortho intramolecular Hbond substituents is 1. The van der Waals surface area contributed by atoms with Gasteiger partial charge in [-0.05, 0) is 27.6 Å². The summed E-state index contributed by atoms with van der Waals surface area (Å²) in [6, 6.07) is 2.78. The molecular weight excluding hydrogens is 240 g/mol. The molecule has 0 aliphatic heterocycles. The van der Waals surface area contributed by atoms with Crippen molar-refractivity contribution >= 4 is 15.9 Å². The minimum absolute atomic E-state index is 0.00944. The van der Waals surface area contributed by atoms with Gasteiger partial charge >= 0.3 is 0 Å². The molecule has 14 heavy (non-hydrogen) atoms. The van der Waals surface area contributed by atoms with Crippen molar-refractivity contribution in [2.24, 2.45) is 0 Å². The van der Waals surface area contributed by atoms with Gasteiger partial charge in [-0.3, -0.25) is 0 Å². The average Bonchev–Trinajstić information content (AvgIpc) is 2.39. The standard InChI is InChI=1S/C12H9BrO/c13-11-8-4-7-10(12(11)14)9-5-2-1-3-6-9/h1-8,14H/i1D,2D,3D,5D,6D. The van der Waals surface area contributed by atoms with Crippen LogP contribution >= 0.6 is 15.9 Å². The lowest BCUT2D eigenvalue weighted by Gasteiger charge is -2.05. The maximum absolute atomic E-state index is 9.97. The van der Waals surface area contributed by atoms with Crippen molar-refractivity contribution < 1.29 is 12.0 Å². The molecule has 0 heterocycles. The first-order chi connectivity index (χ1) is 8.86. The van der Waals surface area contributed by atoms with Crippen molar-refractivity contribution in [2.45, 2.75) is 0 Å². The van der Waals surface area contributed by atoms with Gasteiger partial charge in [0.2, 0.25) is 0 Å². The van der Waals surface area contributed by atoms with Crippen molar-refractivity contribution in [3.8, 4) is 16.9 Å². The third-order valence-electron chi connectivity index (χ3n) is 1.76. The summed E-state index contributed by atoms with van der Waals surface area (Å²) < 4.78 is 38.8. The largest absolute Gasteiger partial charge is 0.506 e. The molecule has 0 aromatic heterocycles. The van der Waals surface area contributed by atoms with Gasteiger partial charge in [0.25, 0.3) is 0 Å². The van der Waals surface area contributed by atoms with Crippen LogP contribution in [-0.4, -0.2) is 5.11 Å². The molecule has 0 saturated heterocycles. The summed E-state index contributed by atoms with van der Waals surface area (Å²) in [6.07, 6.45) is 0. The SMILES string of the molecule is [2H]c1c([2H])c([2H])c(-c2cccc(Br)c2O)c([2H])c1[2H]. The maximum atomic E-state index is 9.97. The lowest BCUT2D eigenvalue weighted by Crippen LogP contribution is -1.78. The second kappa shape index (κ2) is 3.84.